The molecule has 2 heterocycles. The molecule has 53 heavy (non-hydrogen) atoms. The number of hydrogen-bond acceptors (Lipinski definition) is 7. The average Bonchev–Trinajstić information content (AvgIpc) is 3.85. The highest BCUT2D eigenvalue weighted by Crippen LogP contribution is 2.42. The second-order valence-corrected chi connectivity index (χ2v) is 13.2. The maximum atomic E-state index is 11.2. The number of para-hydroxylation sites is 3. The second kappa shape index (κ2) is 16.9. The normalized spacial score (nSPS) is 11.5. The molecular weight excluding hydrogens is 692 g/mol. The summed E-state index contributed by atoms with van der Waals surface area (Å²) in [6.45, 7) is 7.71. The minimum absolute atomic E-state index is 0. The Kier molecular flexibility index (Phi) is 11.9. The number of hydrogen-bond donors (Lipinski definition) is 0. The molecule has 0 radical (unpaired) electrons. The van der Waals surface area contributed by atoms with Gasteiger partial charge in [-0.05, 0) is 97.5 Å². The third kappa shape index (κ3) is 7.84. The lowest BCUT2D eigenvalue weighted by Gasteiger charge is -2.12. The van der Waals surface area contributed by atoms with Gasteiger partial charge in [0.1, 0.15) is 22.3 Å². The fraction of sp³-hybridized carbons (Fsp3) is 0.163. The first-order chi connectivity index (χ1) is 25.5. The Balaban J connectivity index is 0.000000144. The molecule has 8 nitrogen and oxygen atoms in total. The van der Waals surface area contributed by atoms with E-state index in [0.29, 0.717) is 25.4 Å². The van der Waals surface area contributed by atoms with Crippen molar-refractivity contribution in [1.82, 2.24) is 0 Å². The molecule has 0 saturated carbocycles. The van der Waals surface area contributed by atoms with Crippen LogP contribution in [0.4, 0.5) is 10.4 Å². The number of nitro groups is 1. The highest BCUT2D eigenvalue weighted by atomic mass is 31.2. The third-order valence-electron chi connectivity index (χ3n) is 8.78. The molecule has 1 aliphatic carbocycles. The standard InChI is InChI=1S/C19H12O.C18H11NO3.C6H15O3P.FH/c1-2-6-14-12(5-1)9-13-10-19-17(11-16(13)14)15-7-3-4-8-18(15)20-19;20-19(21)16-7-3-1-5-13(16)12-9-10-18-15(11-12)14-6-2-4-8-17(14)22-18;1-4-7-10(8-5-2)9-6-3;/h1-8,10-11H,9H2;1-11H;4-6H2,1-3H3;1H. The van der Waals surface area contributed by atoms with Crippen molar-refractivity contribution in [2.24, 2.45) is 0 Å². The van der Waals surface area contributed by atoms with Crippen LogP contribution in [0.2, 0.25) is 0 Å². The van der Waals surface area contributed by atoms with Crippen molar-refractivity contribution >= 4 is 58.2 Å². The minimum atomic E-state index is -1.06. The summed E-state index contributed by atoms with van der Waals surface area (Å²) in [6, 6.07) is 41.6. The fourth-order valence-electron chi connectivity index (χ4n) is 6.55. The molecule has 2 aromatic heterocycles. The van der Waals surface area contributed by atoms with E-state index in [2.05, 4.69) is 48.5 Å². The van der Waals surface area contributed by atoms with Gasteiger partial charge in [-0.2, -0.15) is 0 Å². The van der Waals surface area contributed by atoms with Crippen LogP contribution in [0, 0.1) is 10.1 Å². The third-order valence-corrected chi connectivity index (χ3v) is 10.2. The van der Waals surface area contributed by atoms with Gasteiger partial charge in [-0.3, -0.25) is 14.8 Å². The molecule has 6 aromatic carbocycles. The maximum absolute atomic E-state index is 11.2. The van der Waals surface area contributed by atoms with Crippen molar-refractivity contribution in [3.05, 3.63) is 149 Å². The number of rotatable bonds is 8. The van der Waals surface area contributed by atoms with Crippen LogP contribution in [0.25, 0.3) is 66.1 Å². The number of halogens is 1. The molecular formula is C43H39FNO7P. The van der Waals surface area contributed by atoms with E-state index in [-0.39, 0.29) is 15.3 Å². The van der Waals surface area contributed by atoms with Crippen LogP contribution >= 0.6 is 8.60 Å². The number of furan rings is 2. The summed E-state index contributed by atoms with van der Waals surface area (Å²) in [4.78, 5) is 10.9. The van der Waals surface area contributed by atoms with Crippen LogP contribution in [-0.4, -0.2) is 24.7 Å². The molecule has 0 spiro atoms. The SMILES string of the molecule is CCOP(OCC)OCC.F.O=[N+]([O-])c1ccccc1-c1ccc2oc3ccccc3c2c1.c1ccc2c(c1)Cc1cc3oc4ccccc4c3cc1-2. The van der Waals surface area contributed by atoms with Crippen LogP contribution < -0.4 is 0 Å². The van der Waals surface area contributed by atoms with Crippen molar-refractivity contribution in [3.63, 3.8) is 0 Å². The van der Waals surface area contributed by atoms with Gasteiger partial charge in [-0.25, -0.2) is 0 Å². The summed E-state index contributed by atoms with van der Waals surface area (Å²) in [5, 5.41) is 15.6. The smallest absolute Gasteiger partial charge is 0.332 e. The molecule has 0 N–H and O–H groups in total. The van der Waals surface area contributed by atoms with Gasteiger partial charge in [0.2, 0.25) is 0 Å². The topological polar surface area (TPSA) is 97.1 Å². The Labute approximate surface area is 307 Å². The van der Waals surface area contributed by atoms with E-state index >= 15 is 0 Å². The lowest BCUT2D eigenvalue weighted by atomic mass is 10.0. The first-order valence-electron chi connectivity index (χ1n) is 17.3. The van der Waals surface area contributed by atoms with Gasteiger partial charge in [0, 0.05) is 27.6 Å². The van der Waals surface area contributed by atoms with Crippen LogP contribution in [0.1, 0.15) is 31.9 Å². The zero-order valence-corrected chi connectivity index (χ0v) is 30.5. The van der Waals surface area contributed by atoms with E-state index in [1.54, 1.807) is 18.2 Å². The van der Waals surface area contributed by atoms with Gasteiger partial charge in [0.25, 0.3) is 5.69 Å². The van der Waals surface area contributed by atoms with Gasteiger partial charge in [0.05, 0.1) is 30.3 Å². The molecule has 10 heteroatoms. The summed E-state index contributed by atoms with van der Waals surface area (Å²) in [5.74, 6) is 0. The zero-order chi connectivity index (χ0) is 36.0. The Hall–Kier alpha value is -5.44. The Morgan fingerprint density at radius 2 is 1.09 bits per heavy atom. The molecule has 8 aromatic rings. The van der Waals surface area contributed by atoms with Crippen molar-refractivity contribution in [3.8, 4) is 22.3 Å². The van der Waals surface area contributed by atoms with Gasteiger partial charge in [-0.1, -0.05) is 78.9 Å². The molecule has 0 amide bonds. The highest BCUT2D eigenvalue weighted by Gasteiger charge is 2.20. The zero-order valence-electron chi connectivity index (χ0n) is 29.6. The molecule has 0 unspecified atom stereocenters. The molecule has 0 atom stereocenters. The first kappa shape index (κ1) is 37.3. The Bertz CT molecular complexity index is 2490. The summed E-state index contributed by atoms with van der Waals surface area (Å²) >= 11 is 0. The predicted molar refractivity (Wildman–Crippen MR) is 212 cm³/mol. The summed E-state index contributed by atoms with van der Waals surface area (Å²) in [5.41, 5.74) is 10.6. The lowest BCUT2D eigenvalue weighted by molar-refractivity contribution is -0.384. The van der Waals surface area contributed by atoms with E-state index < -0.39 is 8.60 Å². The molecule has 0 aliphatic heterocycles. The van der Waals surface area contributed by atoms with Crippen LogP contribution in [0.5, 0.6) is 0 Å². The summed E-state index contributed by atoms with van der Waals surface area (Å²) < 4.78 is 27.2. The molecule has 0 saturated heterocycles. The molecule has 0 bridgehead atoms. The predicted octanol–water partition coefficient (Wildman–Crippen LogP) is 12.8. The molecule has 9 rings (SSSR count). The van der Waals surface area contributed by atoms with E-state index in [0.717, 1.165) is 45.1 Å². The van der Waals surface area contributed by atoms with Crippen LogP contribution in [0.3, 0.4) is 0 Å². The van der Waals surface area contributed by atoms with Crippen molar-refractivity contribution in [1.29, 1.82) is 0 Å². The van der Waals surface area contributed by atoms with Gasteiger partial charge in [0.15, 0.2) is 0 Å². The maximum Gasteiger partial charge on any atom is 0.332 e. The number of nitro benzene ring substituents is 1. The first-order valence-corrected chi connectivity index (χ1v) is 18.4. The Morgan fingerprint density at radius 3 is 1.74 bits per heavy atom. The van der Waals surface area contributed by atoms with Crippen molar-refractivity contribution < 1.29 is 32.0 Å². The number of fused-ring (bicyclic) bond motifs is 9. The quantitative estimate of drug-likeness (QED) is 0.0871. The van der Waals surface area contributed by atoms with Gasteiger partial charge < -0.3 is 22.4 Å². The van der Waals surface area contributed by atoms with Crippen molar-refractivity contribution in [2.45, 2.75) is 27.2 Å². The molecule has 270 valence electrons. The van der Waals surface area contributed by atoms with Gasteiger partial charge in [-0.15, -0.1) is 0 Å². The number of benzene rings is 6. The summed E-state index contributed by atoms with van der Waals surface area (Å²) in [6.07, 6.45) is 1.01. The molecule has 1 aliphatic rings. The second-order valence-electron chi connectivity index (χ2n) is 12.0. The van der Waals surface area contributed by atoms with Crippen LogP contribution in [0.15, 0.2) is 136 Å². The number of nitrogens with zero attached hydrogens (tertiary/aromatic N) is 1. The lowest BCUT2D eigenvalue weighted by Crippen LogP contribution is -1.94. The highest BCUT2D eigenvalue weighted by molar-refractivity contribution is 7.41. The minimum Gasteiger partial charge on any atom is -0.456 e. The van der Waals surface area contributed by atoms with Gasteiger partial charge >= 0.3 is 8.60 Å². The van der Waals surface area contributed by atoms with E-state index in [9.17, 15) is 10.1 Å². The molecule has 0 fully saturated rings. The Morgan fingerprint density at radius 1 is 0.566 bits per heavy atom. The van der Waals surface area contributed by atoms with Crippen molar-refractivity contribution in [2.75, 3.05) is 19.8 Å². The van der Waals surface area contributed by atoms with E-state index in [1.807, 2.05) is 75.4 Å². The van der Waals surface area contributed by atoms with Crippen LogP contribution in [-0.2, 0) is 20.0 Å². The average molecular weight is 732 g/mol. The largest absolute Gasteiger partial charge is 0.456 e. The fourth-order valence-corrected chi connectivity index (χ4v) is 7.41. The monoisotopic (exact) mass is 731 g/mol. The van der Waals surface area contributed by atoms with E-state index in [1.165, 1.54) is 39.1 Å². The summed E-state index contributed by atoms with van der Waals surface area (Å²) in [7, 11) is -1.06. The van der Waals surface area contributed by atoms with E-state index in [4.69, 9.17) is 22.4 Å².